The predicted molar refractivity (Wildman–Crippen MR) is 74.4 cm³/mol. The van der Waals surface area contributed by atoms with E-state index in [9.17, 15) is 0 Å². The molecule has 2 heterocycles. The van der Waals surface area contributed by atoms with E-state index in [0.717, 1.165) is 13.1 Å². The number of likely N-dealkylation sites (tertiary alicyclic amines) is 1. The monoisotopic (exact) mass is 250 g/mol. The Morgan fingerprint density at radius 1 is 1.44 bits per heavy atom. The lowest BCUT2D eigenvalue weighted by Crippen LogP contribution is -2.35. The smallest absolute Gasteiger partial charge is 0.0722 e. The molecule has 4 heteroatoms. The number of nitrogens with two attached hydrogens (primary N) is 1. The van der Waals surface area contributed by atoms with E-state index < -0.39 is 0 Å². The Morgan fingerprint density at radius 3 is 2.78 bits per heavy atom. The van der Waals surface area contributed by atoms with Gasteiger partial charge in [-0.2, -0.15) is 5.10 Å². The molecule has 0 spiro atoms. The van der Waals surface area contributed by atoms with Gasteiger partial charge in [-0.25, -0.2) is 0 Å². The van der Waals surface area contributed by atoms with Crippen molar-refractivity contribution in [3.63, 3.8) is 0 Å². The molecule has 0 amide bonds. The summed E-state index contributed by atoms with van der Waals surface area (Å²) in [6, 6.07) is 0.554. The summed E-state index contributed by atoms with van der Waals surface area (Å²) in [5, 5.41) is 4.63. The van der Waals surface area contributed by atoms with E-state index in [-0.39, 0.29) is 5.41 Å². The van der Waals surface area contributed by atoms with Crippen LogP contribution in [0.2, 0.25) is 0 Å². The van der Waals surface area contributed by atoms with Crippen LogP contribution >= 0.6 is 0 Å². The molecular weight excluding hydrogens is 224 g/mol. The molecule has 1 aliphatic heterocycles. The van der Waals surface area contributed by atoms with Crippen LogP contribution in [0.5, 0.6) is 0 Å². The third kappa shape index (κ3) is 2.75. The second-order valence-corrected chi connectivity index (χ2v) is 6.43. The summed E-state index contributed by atoms with van der Waals surface area (Å²) >= 11 is 0. The average Bonchev–Trinajstić information content (AvgIpc) is 2.84. The summed E-state index contributed by atoms with van der Waals surface area (Å²) in [7, 11) is 2.00. The van der Waals surface area contributed by atoms with Crippen molar-refractivity contribution < 1.29 is 0 Å². The van der Waals surface area contributed by atoms with Crippen LogP contribution in [0.3, 0.4) is 0 Å². The Balaban J connectivity index is 2.18. The van der Waals surface area contributed by atoms with E-state index in [1.54, 1.807) is 0 Å². The molecule has 2 N–H and O–H groups in total. The summed E-state index contributed by atoms with van der Waals surface area (Å²) in [5.74, 6) is 0. The summed E-state index contributed by atoms with van der Waals surface area (Å²) in [4.78, 5) is 2.51. The molecule has 1 unspecified atom stereocenters. The molecule has 2 rings (SSSR count). The van der Waals surface area contributed by atoms with Crippen molar-refractivity contribution >= 4 is 0 Å². The van der Waals surface area contributed by atoms with Gasteiger partial charge in [0.15, 0.2) is 0 Å². The van der Waals surface area contributed by atoms with Crippen molar-refractivity contribution in [1.82, 2.24) is 14.7 Å². The minimum atomic E-state index is 0.106. The molecule has 1 aromatic rings. The Bertz CT molecular complexity index is 402. The minimum Gasteiger partial charge on any atom is -0.329 e. The van der Waals surface area contributed by atoms with Gasteiger partial charge in [0.05, 0.1) is 5.69 Å². The Kier molecular flexibility index (Phi) is 3.78. The van der Waals surface area contributed by atoms with Gasteiger partial charge in [0.25, 0.3) is 0 Å². The van der Waals surface area contributed by atoms with E-state index in [0.29, 0.717) is 6.04 Å². The zero-order valence-corrected chi connectivity index (χ0v) is 12.1. The summed E-state index contributed by atoms with van der Waals surface area (Å²) in [6.45, 7) is 9.60. The molecule has 18 heavy (non-hydrogen) atoms. The molecule has 1 aromatic heterocycles. The van der Waals surface area contributed by atoms with Crippen molar-refractivity contribution in [3.8, 4) is 0 Å². The third-order valence-electron chi connectivity index (χ3n) is 3.76. The highest BCUT2D eigenvalue weighted by atomic mass is 15.3. The first kappa shape index (κ1) is 13.6. The number of aromatic nitrogens is 2. The highest BCUT2D eigenvalue weighted by Crippen LogP contribution is 2.27. The lowest BCUT2D eigenvalue weighted by molar-refractivity contribution is 0.248. The number of nitrogens with zero attached hydrogens (tertiary/aromatic N) is 3. The quantitative estimate of drug-likeness (QED) is 0.887. The van der Waals surface area contributed by atoms with Gasteiger partial charge >= 0.3 is 0 Å². The van der Waals surface area contributed by atoms with E-state index >= 15 is 0 Å². The van der Waals surface area contributed by atoms with Crippen molar-refractivity contribution in [2.75, 3.05) is 13.1 Å². The molecular formula is C14H26N4. The van der Waals surface area contributed by atoms with Crippen LogP contribution in [0.1, 0.15) is 44.9 Å². The number of rotatable bonds is 3. The first-order valence-electron chi connectivity index (χ1n) is 6.89. The number of aryl methyl sites for hydroxylation is 1. The lowest BCUT2D eigenvalue weighted by Gasteiger charge is -2.25. The van der Waals surface area contributed by atoms with Crippen molar-refractivity contribution in [1.29, 1.82) is 0 Å². The molecule has 0 saturated carbocycles. The predicted octanol–water partition coefficient (Wildman–Crippen LogP) is 1.64. The third-order valence-corrected chi connectivity index (χ3v) is 3.76. The van der Waals surface area contributed by atoms with Crippen LogP contribution in [-0.4, -0.2) is 33.8 Å². The van der Waals surface area contributed by atoms with Crippen LogP contribution in [-0.2, 0) is 19.0 Å². The van der Waals surface area contributed by atoms with Crippen LogP contribution < -0.4 is 5.73 Å². The zero-order chi connectivity index (χ0) is 13.3. The maximum atomic E-state index is 5.84. The van der Waals surface area contributed by atoms with Gasteiger partial charge in [-0.1, -0.05) is 20.8 Å². The fraction of sp³-hybridized carbons (Fsp3) is 0.786. The summed E-state index contributed by atoms with van der Waals surface area (Å²) in [5.41, 5.74) is 8.52. The molecule has 0 aliphatic carbocycles. The van der Waals surface area contributed by atoms with Gasteiger partial charge in [0.1, 0.15) is 0 Å². The zero-order valence-electron chi connectivity index (χ0n) is 12.1. The second-order valence-electron chi connectivity index (χ2n) is 6.43. The fourth-order valence-corrected chi connectivity index (χ4v) is 2.87. The van der Waals surface area contributed by atoms with Crippen molar-refractivity contribution in [2.45, 2.75) is 51.6 Å². The molecule has 0 aromatic carbocycles. The maximum Gasteiger partial charge on any atom is 0.0722 e. The van der Waals surface area contributed by atoms with Gasteiger partial charge in [-0.05, 0) is 19.4 Å². The highest BCUT2D eigenvalue weighted by molar-refractivity contribution is 5.24. The van der Waals surface area contributed by atoms with E-state index in [4.69, 9.17) is 5.73 Å². The molecule has 1 aliphatic rings. The highest BCUT2D eigenvalue weighted by Gasteiger charge is 2.27. The van der Waals surface area contributed by atoms with Crippen molar-refractivity contribution in [3.05, 3.63) is 17.5 Å². The maximum absolute atomic E-state index is 5.84. The normalized spacial score (nSPS) is 21.7. The van der Waals surface area contributed by atoms with E-state index in [1.165, 1.54) is 30.6 Å². The van der Waals surface area contributed by atoms with Gasteiger partial charge in [0.2, 0.25) is 0 Å². The van der Waals surface area contributed by atoms with Crippen molar-refractivity contribution in [2.24, 2.45) is 12.8 Å². The number of hydrogen-bond acceptors (Lipinski definition) is 3. The van der Waals surface area contributed by atoms with Gasteiger partial charge in [-0.3, -0.25) is 9.58 Å². The molecule has 1 fully saturated rings. The summed E-state index contributed by atoms with van der Waals surface area (Å²) < 4.78 is 1.93. The summed E-state index contributed by atoms with van der Waals surface area (Å²) in [6.07, 6.45) is 4.67. The van der Waals surface area contributed by atoms with E-state index in [1.807, 2.05) is 11.7 Å². The molecule has 1 atom stereocenters. The average molecular weight is 250 g/mol. The Morgan fingerprint density at radius 2 is 2.17 bits per heavy atom. The fourth-order valence-electron chi connectivity index (χ4n) is 2.87. The van der Waals surface area contributed by atoms with Crippen LogP contribution in [0.25, 0.3) is 0 Å². The number of hydrogen-bond donors (Lipinski definition) is 1. The van der Waals surface area contributed by atoms with Gasteiger partial charge in [0, 0.05) is 43.4 Å². The Labute approximate surface area is 110 Å². The molecule has 1 saturated heterocycles. The van der Waals surface area contributed by atoms with Gasteiger partial charge < -0.3 is 5.73 Å². The SMILES string of the molecule is Cn1cc(CN2CCCC2CN)c(C(C)(C)C)n1. The first-order chi connectivity index (χ1) is 8.41. The lowest BCUT2D eigenvalue weighted by atomic mass is 9.89. The largest absolute Gasteiger partial charge is 0.329 e. The minimum absolute atomic E-state index is 0.106. The van der Waals surface area contributed by atoms with Crippen LogP contribution in [0, 0.1) is 0 Å². The first-order valence-corrected chi connectivity index (χ1v) is 6.89. The topological polar surface area (TPSA) is 47.1 Å². The second kappa shape index (κ2) is 5.02. The van der Waals surface area contributed by atoms with Crippen LogP contribution in [0.15, 0.2) is 6.20 Å². The van der Waals surface area contributed by atoms with Crippen LogP contribution in [0.4, 0.5) is 0 Å². The molecule has 4 nitrogen and oxygen atoms in total. The standard InChI is InChI=1S/C14H26N4/c1-14(2,3)13-11(9-17(4)16-13)10-18-7-5-6-12(18)8-15/h9,12H,5-8,10,15H2,1-4H3. The molecule has 102 valence electrons. The van der Waals surface area contributed by atoms with Gasteiger partial charge in [-0.15, -0.1) is 0 Å². The van der Waals surface area contributed by atoms with E-state index in [2.05, 4.69) is 37.0 Å². The Hall–Kier alpha value is -0.870. The molecule has 0 radical (unpaired) electrons. The molecule has 0 bridgehead atoms.